The van der Waals surface area contributed by atoms with Gasteiger partial charge in [-0.05, 0) is 68.0 Å². The molecule has 16 nitrogen and oxygen atoms in total. The average Bonchev–Trinajstić information content (AvgIpc) is 3.99. The molecule has 2 aliphatic rings. The molecule has 2 aromatic carbocycles. The molecule has 0 radical (unpaired) electrons. The molecule has 0 saturated heterocycles. The van der Waals surface area contributed by atoms with Crippen molar-refractivity contribution in [2.45, 2.75) is 52.4 Å². The van der Waals surface area contributed by atoms with E-state index in [9.17, 15) is 24.3 Å². The van der Waals surface area contributed by atoms with Crippen LogP contribution in [0.1, 0.15) is 51.3 Å². The summed E-state index contributed by atoms with van der Waals surface area (Å²) in [4.78, 5) is 68.7. The highest BCUT2D eigenvalue weighted by atomic mass is 35.5. The van der Waals surface area contributed by atoms with E-state index in [1.54, 1.807) is 36.4 Å². The van der Waals surface area contributed by atoms with Crippen molar-refractivity contribution in [3.8, 4) is 22.8 Å². The van der Waals surface area contributed by atoms with E-state index in [1.807, 2.05) is 13.8 Å². The van der Waals surface area contributed by atoms with Crippen LogP contribution in [-0.4, -0.2) is 91.7 Å². The van der Waals surface area contributed by atoms with Gasteiger partial charge in [0.2, 0.25) is 29.2 Å². The van der Waals surface area contributed by atoms with E-state index in [2.05, 4.69) is 30.9 Å². The Labute approximate surface area is 352 Å². The van der Waals surface area contributed by atoms with E-state index in [0.717, 1.165) is 0 Å². The predicted molar refractivity (Wildman–Crippen MR) is 212 cm³/mol. The van der Waals surface area contributed by atoms with E-state index in [0.29, 0.717) is 105 Å². The number of carbonyl (C=O) groups is 4. The molecule has 2 aromatic heterocycles. The molecular formula is C38H38Cl4N8O8. The number of hydroxylamine groups is 2. The Balaban J connectivity index is 0.975. The molecule has 0 saturated carbocycles. The predicted octanol–water partition coefficient (Wildman–Crippen LogP) is 6.32. The lowest BCUT2D eigenvalue weighted by Crippen LogP contribution is -2.34. The topological polar surface area (TPSA) is 206 Å². The Kier molecular flexibility index (Phi) is 14.0. The second kappa shape index (κ2) is 19.1. The van der Waals surface area contributed by atoms with Crippen molar-refractivity contribution in [3.05, 3.63) is 90.9 Å². The maximum absolute atomic E-state index is 13.4. The Morgan fingerprint density at radius 2 is 1.28 bits per heavy atom. The molecular weight excluding hydrogens is 838 g/mol. The summed E-state index contributed by atoms with van der Waals surface area (Å²) in [6.07, 6.45) is 3.13. The summed E-state index contributed by atoms with van der Waals surface area (Å²) in [5, 5.41) is 26.3. The van der Waals surface area contributed by atoms with Crippen molar-refractivity contribution < 1.29 is 38.2 Å². The quantitative estimate of drug-likeness (QED) is 0.0940. The Morgan fingerprint density at radius 3 is 1.78 bits per heavy atom. The zero-order valence-corrected chi connectivity index (χ0v) is 34.3. The number of hydrogen-bond donors (Lipinski definition) is 3. The molecule has 6 rings (SSSR count). The van der Waals surface area contributed by atoms with Gasteiger partial charge in [0.1, 0.15) is 0 Å². The van der Waals surface area contributed by atoms with Crippen LogP contribution in [0.2, 0.25) is 20.1 Å². The van der Waals surface area contributed by atoms with Crippen molar-refractivity contribution in [2.75, 3.05) is 32.7 Å². The summed E-state index contributed by atoms with van der Waals surface area (Å²) in [5.41, 5.74) is 1.08. The molecule has 0 bridgehead atoms. The fourth-order valence-electron chi connectivity index (χ4n) is 6.00. The summed E-state index contributed by atoms with van der Waals surface area (Å²) in [5.74, 6) is -2.42. The molecule has 306 valence electrons. The second-order valence-electron chi connectivity index (χ2n) is 13.9. The van der Waals surface area contributed by atoms with Crippen LogP contribution in [0.4, 0.5) is 0 Å². The molecule has 4 aromatic rings. The summed E-state index contributed by atoms with van der Waals surface area (Å²) in [6, 6.07) is 10.0. The molecule has 4 heterocycles. The molecule has 3 N–H and O–H groups in total. The summed E-state index contributed by atoms with van der Waals surface area (Å²) in [6.45, 7) is 4.13. The molecule has 0 spiro atoms. The lowest BCUT2D eigenvalue weighted by Gasteiger charge is -2.20. The van der Waals surface area contributed by atoms with Gasteiger partial charge in [0.05, 0.1) is 44.3 Å². The van der Waals surface area contributed by atoms with Crippen molar-refractivity contribution in [2.24, 2.45) is 5.92 Å². The molecule has 0 aliphatic carbocycles. The van der Waals surface area contributed by atoms with Gasteiger partial charge in [0, 0.05) is 43.6 Å². The van der Waals surface area contributed by atoms with Crippen LogP contribution >= 0.6 is 46.4 Å². The van der Waals surface area contributed by atoms with Gasteiger partial charge < -0.3 is 34.5 Å². The van der Waals surface area contributed by atoms with Gasteiger partial charge in [-0.15, -0.1) is 0 Å². The van der Waals surface area contributed by atoms with Gasteiger partial charge in [-0.1, -0.05) is 70.6 Å². The van der Waals surface area contributed by atoms with E-state index in [1.165, 1.54) is 4.90 Å². The molecule has 58 heavy (non-hydrogen) atoms. The van der Waals surface area contributed by atoms with Crippen LogP contribution in [0.25, 0.3) is 22.8 Å². The SMILES string of the molecule is CC(C)CN1CC(C(=O)NCCCCc2nc(-c3ccc(Cl)c(Cl)c3)no2)=C(ON2CC(C(=O)NCCCCc3nc(-c4ccc(Cl)c(Cl)c4)no3)=C(O)C2=O)C1=O. The zero-order chi connectivity index (χ0) is 41.5. The standard InChI is InChI=1S/C38H38Cl4N8O8/c1-20(2)17-49-18-24(36(53)44-14-6-4-8-30-46-34(48-57-30)22-10-12-26(40)28(42)16-22)32(38(49)55)58-50-19-23(31(51)37(50)54)35(52)43-13-5-3-7-29-45-33(47-56-29)21-9-11-25(39)27(41)15-21/h9-12,15-16,20,51H,3-8,13-14,17-19H2,1-2H3,(H,43,52)(H,44,53). The molecule has 20 heteroatoms. The van der Waals surface area contributed by atoms with E-state index in [-0.39, 0.29) is 42.5 Å². The first-order chi connectivity index (χ1) is 27.8. The lowest BCUT2D eigenvalue weighted by atomic mass is 10.2. The van der Waals surface area contributed by atoms with Crippen molar-refractivity contribution >= 4 is 70.0 Å². The number of unbranched alkanes of at least 4 members (excludes halogenated alkanes) is 2. The number of hydrogen-bond acceptors (Lipinski definition) is 12. The highest BCUT2D eigenvalue weighted by Gasteiger charge is 2.42. The molecule has 4 amide bonds. The average molecular weight is 877 g/mol. The summed E-state index contributed by atoms with van der Waals surface area (Å²) >= 11 is 24.1. The van der Waals surface area contributed by atoms with Gasteiger partial charge in [-0.25, -0.2) is 0 Å². The van der Waals surface area contributed by atoms with Gasteiger partial charge in [0.25, 0.3) is 17.7 Å². The van der Waals surface area contributed by atoms with Crippen LogP contribution in [0.3, 0.4) is 0 Å². The van der Waals surface area contributed by atoms with Gasteiger partial charge >= 0.3 is 5.91 Å². The number of nitrogens with one attached hydrogen (secondary N) is 2. The molecule has 0 fully saturated rings. The smallest absolute Gasteiger partial charge is 0.322 e. The van der Waals surface area contributed by atoms with Gasteiger partial charge in [-0.2, -0.15) is 15.0 Å². The largest absolute Gasteiger partial charge is 0.503 e. The zero-order valence-electron chi connectivity index (χ0n) is 31.3. The maximum Gasteiger partial charge on any atom is 0.322 e. The Bertz CT molecular complexity index is 2270. The number of aliphatic hydroxyl groups excluding tert-OH is 1. The van der Waals surface area contributed by atoms with E-state index < -0.39 is 35.9 Å². The maximum atomic E-state index is 13.4. The van der Waals surface area contributed by atoms with Crippen LogP contribution < -0.4 is 10.6 Å². The fourth-order valence-corrected chi connectivity index (χ4v) is 6.60. The first-order valence-corrected chi connectivity index (χ1v) is 19.9. The minimum Gasteiger partial charge on any atom is -0.503 e. The minimum atomic E-state index is -1.02. The van der Waals surface area contributed by atoms with Gasteiger partial charge in [-0.3, -0.25) is 19.2 Å². The normalized spacial score (nSPS) is 14.4. The van der Waals surface area contributed by atoms with Crippen LogP contribution in [0.5, 0.6) is 0 Å². The lowest BCUT2D eigenvalue weighted by molar-refractivity contribution is -0.168. The van der Waals surface area contributed by atoms with Crippen molar-refractivity contribution in [1.29, 1.82) is 0 Å². The number of benzene rings is 2. The van der Waals surface area contributed by atoms with Crippen LogP contribution in [-0.2, 0) is 36.9 Å². The number of amides is 4. The molecule has 0 unspecified atom stereocenters. The van der Waals surface area contributed by atoms with Crippen molar-refractivity contribution in [3.63, 3.8) is 0 Å². The Morgan fingerprint density at radius 1 is 0.759 bits per heavy atom. The monoisotopic (exact) mass is 874 g/mol. The fraction of sp³-hybridized carbons (Fsp3) is 0.368. The van der Waals surface area contributed by atoms with Crippen LogP contribution in [0, 0.1) is 5.92 Å². The first kappa shape index (κ1) is 42.4. The number of nitrogens with zero attached hydrogens (tertiary/aromatic N) is 6. The second-order valence-corrected chi connectivity index (χ2v) is 15.5. The van der Waals surface area contributed by atoms with E-state index in [4.69, 9.17) is 60.3 Å². The molecule has 0 atom stereocenters. The third kappa shape index (κ3) is 10.3. The van der Waals surface area contributed by atoms with Crippen molar-refractivity contribution in [1.82, 2.24) is 40.9 Å². The highest BCUT2D eigenvalue weighted by molar-refractivity contribution is 6.42. The summed E-state index contributed by atoms with van der Waals surface area (Å²) < 4.78 is 10.7. The summed E-state index contributed by atoms with van der Waals surface area (Å²) in [7, 11) is 0. The number of carbonyl (C=O) groups excluding carboxylic acids is 4. The third-order valence-electron chi connectivity index (χ3n) is 8.95. The first-order valence-electron chi connectivity index (χ1n) is 18.4. The van der Waals surface area contributed by atoms with Gasteiger partial charge in [0.15, 0.2) is 5.76 Å². The van der Waals surface area contributed by atoms with E-state index >= 15 is 0 Å². The van der Waals surface area contributed by atoms with Crippen LogP contribution in [0.15, 0.2) is 68.1 Å². The third-order valence-corrected chi connectivity index (χ3v) is 10.4. The highest BCUT2D eigenvalue weighted by Crippen LogP contribution is 2.30. The number of aliphatic hydroxyl groups is 1. The minimum absolute atomic E-state index is 0.0179. The Hall–Kier alpha value is -5.16. The number of aryl methyl sites for hydroxylation is 2. The number of halogens is 4. The molecule has 2 aliphatic heterocycles. The number of aromatic nitrogens is 4. The number of rotatable bonds is 18.